The van der Waals surface area contributed by atoms with Gasteiger partial charge in [-0.25, -0.2) is 0 Å². The fourth-order valence-electron chi connectivity index (χ4n) is 4.21. The first-order valence-electron chi connectivity index (χ1n) is 9.91. The van der Waals surface area contributed by atoms with Crippen LogP contribution in [0.2, 0.25) is 0 Å². The summed E-state index contributed by atoms with van der Waals surface area (Å²) < 4.78 is 0. The predicted octanol–water partition coefficient (Wildman–Crippen LogP) is 3.59. The molecule has 0 aromatic heterocycles. The Hall–Kier alpha value is -0.810. The monoisotopic (exact) mass is 415 g/mol. The van der Waals surface area contributed by atoms with Crippen molar-refractivity contribution in [1.29, 1.82) is 0 Å². The number of nitrogens with one attached hydrogen (secondary N) is 1. The maximum Gasteiger partial charge on any atom is 0.222 e. The highest BCUT2D eigenvalue weighted by molar-refractivity contribution is 5.85. The van der Waals surface area contributed by atoms with Gasteiger partial charge in [0.15, 0.2) is 0 Å². The lowest BCUT2D eigenvalue weighted by atomic mass is 9.95. The van der Waals surface area contributed by atoms with Crippen LogP contribution >= 0.6 is 24.8 Å². The van der Waals surface area contributed by atoms with E-state index < -0.39 is 0 Å². The van der Waals surface area contributed by atoms with E-state index in [2.05, 4.69) is 52.5 Å². The van der Waals surface area contributed by atoms with Gasteiger partial charge in [-0.05, 0) is 63.2 Å². The maximum atomic E-state index is 12.4. The minimum Gasteiger partial charge on any atom is -0.343 e. The molecule has 2 aliphatic heterocycles. The molecular formula is C21H35Cl2N3O. The number of benzene rings is 1. The molecule has 154 valence electrons. The molecule has 27 heavy (non-hydrogen) atoms. The zero-order chi connectivity index (χ0) is 17.5. The molecule has 6 heteroatoms. The Morgan fingerprint density at radius 3 is 2.44 bits per heavy atom. The number of carbonyl (C=O) groups excluding carboxylic acids is 1. The van der Waals surface area contributed by atoms with Crippen molar-refractivity contribution in [2.24, 2.45) is 11.8 Å². The summed E-state index contributed by atoms with van der Waals surface area (Å²) in [6.45, 7) is 6.26. The summed E-state index contributed by atoms with van der Waals surface area (Å²) >= 11 is 0. The Balaban J connectivity index is 0.00000182. The van der Waals surface area contributed by atoms with Gasteiger partial charge < -0.3 is 15.1 Å². The topological polar surface area (TPSA) is 35.6 Å². The van der Waals surface area contributed by atoms with E-state index in [0.29, 0.717) is 11.8 Å². The van der Waals surface area contributed by atoms with Crippen molar-refractivity contribution in [3.63, 3.8) is 0 Å². The number of nitrogens with zero attached hydrogens (tertiary/aromatic N) is 2. The lowest BCUT2D eigenvalue weighted by Crippen LogP contribution is -2.41. The third-order valence-electron chi connectivity index (χ3n) is 5.76. The Morgan fingerprint density at radius 1 is 1.11 bits per heavy atom. The number of hydrogen-bond donors (Lipinski definition) is 1. The van der Waals surface area contributed by atoms with Gasteiger partial charge in [0.1, 0.15) is 0 Å². The largest absolute Gasteiger partial charge is 0.343 e. The molecule has 0 saturated carbocycles. The van der Waals surface area contributed by atoms with Gasteiger partial charge in [0.2, 0.25) is 5.91 Å². The molecule has 4 nitrogen and oxygen atoms in total. The van der Waals surface area contributed by atoms with E-state index in [1.165, 1.54) is 12.0 Å². The summed E-state index contributed by atoms with van der Waals surface area (Å²) in [5.41, 5.74) is 1.37. The van der Waals surface area contributed by atoms with Crippen LogP contribution in [0.15, 0.2) is 30.3 Å². The Labute approximate surface area is 176 Å². The second kappa shape index (κ2) is 12.6. The standard InChI is InChI=1S/C21H33N3O.2ClH/c1-23(16-19-5-3-2-4-6-19)17-20-10-13-24(14-11-20)21(25)8-7-18-9-12-22-15-18;;/h2-6,18,20,22H,7-17H2,1H3;2*1H. The van der Waals surface area contributed by atoms with Crippen LogP contribution in [0, 0.1) is 11.8 Å². The second-order valence-electron chi connectivity index (χ2n) is 7.90. The average Bonchev–Trinajstić information content (AvgIpc) is 3.14. The molecule has 0 radical (unpaired) electrons. The van der Waals surface area contributed by atoms with Crippen LogP contribution in [0.3, 0.4) is 0 Å². The number of carbonyl (C=O) groups is 1. The van der Waals surface area contributed by atoms with Gasteiger partial charge in [-0.2, -0.15) is 0 Å². The van der Waals surface area contributed by atoms with Crippen LogP contribution in [0.25, 0.3) is 0 Å². The van der Waals surface area contributed by atoms with Crippen molar-refractivity contribution in [2.75, 3.05) is 39.8 Å². The molecule has 3 rings (SSSR count). The quantitative estimate of drug-likeness (QED) is 0.738. The van der Waals surface area contributed by atoms with Gasteiger partial charge in [-0.3, -0.25) is 4.79 Å². The first-order chi connectivity index (χ1) is 12.2. The summed E-state index contributed by atoms with van der Waals surface area (Å²) in [6.07, 6.45) is 5.34. The van der Waals surface area contributed by atoms with E-state index in [4.69, 9.17) is 0 Å². The number of amides is 1. The highest BCUT2D eigenvalue weighted by Crippen LogP contribution is 2.21. The van der Waals surface area contributed by atoms with E-state index in [-0.39, 0.29) is 24.8 Å². The van der Waals surface area contributed by atoms with Gasteiger partial charge in [-0.1, -0.05) is 30.3 Å². The molecule has 1 N–H and O–H groups in total. The van der Waals surface area contributed by atoms with E-state index >= 15 is 0 Å². The van der Waals surface area contributed by atoms with Gasteiger partial charge in [0.05, 0.1) is 0 Å². The molecule has 1 unspecified atom stereocenters. The summed E-state index contributed by atoms with van der Waals surface area (Å²) in [5, 5.41) is 3.39. The number of halogens is 2. The maximum absolute atomic E-state index is 12.4. The molecule has 1 amide bonds. The fraction of sp³-hybridized carbons (Fsp3) is 0.667. The van der Waals surface area contributed by atoms with Crippen LogP contribution in [-0.4, -0.2) is 55.5 Å². The molecule has 0 bridgehead atoms. The molecule has 2 fully saturated rings. The van der Waals surface area contributed by atoms with E-state index in [1.54, 1.807) is 0 Å². The molecule has 1 atom stereocenters. The van der Waals surface area contributed by atoms with Crippen LogP contribution in [0.1, 0.15) is 37.7 Å². The third-order valence-corrected chi connectivity index (χ3v) is 5.76. The minimum absolute atomic E-state index is 0. The number of likely N-dealkylation sites (tertiary alicyclic amines) is 1. The van der Waals surface area contributed by atoms with Crippen molar-refractivity contribution >= 4 is 30.7 Å². The molecule has 0 spiro atoms. The van der Waals surface area contributed by atoms with Crippen molar-refractivity contribution in [1.82, 2.24) is 15.1 Å². The molecule has 2 saturated heterocycles. The Bertz CT molecular complexity index is 529. The highest BCUT2D eigenvalue weighted by atomic mass is 35.5. The summed E-state index contributed by atoms with van der Waals surface area (Å²) in [7, 11) is 2.21. The minimum atomic E-state index is 0. The van der Waals surface area contributed by atoms with E-state index in [0.717, 1.165) is 70.9 Å². The average molecular weight is 416 g/mol. The van der Waals surface area contributed by atoms with Crippen LogP contribution in [0.4, 0.5) is 0 Å². The lowest BCUT2D eigenvalue weighted by molar-refractivity contribution is -0.132. The van der Waals surface area contributed by atoms with Crippen LogP contribution < -0.4 is 5.32 Å². The summed E-state index contributed by atoms with van der Waals surface area (Å²) in [4.78, 5) is 16.9. The number of hydrogen-bond acceptors (Lipinski definition) is 3. The van der Waals surface area contributed by atoms with Gasteiger partial charge in [-0.15, -0.1) is 24.8 Å². The molecule has 1 aromatic carbocycles. The fourth-order valence-corrected chi connectivity index (χ4v) is 4.21. The molecule has 1 aromatic rings. The van der Waals surface area contributed by atoms with Crippen molar-refractivity contribution in [2.45, 2.75) is 38.6 Å². The molecule has 2 heterocycles. The first-order valence-corrected chi connectivity index (χ1v) is 9.91. The zero-order valence-corrected chi connectivity index (χ0v) is 18.1. The number of piperidine rings is 1. The molecular weight excluding hydrogens is 381 g/mol. The smallest absolute Gasteiger partial charge is 0.222 e. The van der Waals surface area contributed by atoms with Crippen molar-refractivity contribution in [3.8, 4) is 0 Å². The third kappa shape index (κ3) is 7.98. The lowest BCUT2D eigenvalue weighted by Gasteiger charge is -2.34. The number of rotatable bonds is 7. The normalized spacial score (nSPS) is 20.2. The van der Waals surface area contributed by atoms with Crippen molar-refractivity contribution in [3.05, 3.63) is 35.9 Å². The van der Waals surface area contributed by atoms with Gasteiger partial charge in [0.25, 0.3) is 0 Å². The van der Waals surface area contributed by atoms with E-state index in [9.17, 15) is 4.79 Å². The SMILES string of the molecule is CN(Cc1ccccc1)CC1CCN(C(=O)CCC2CCNC2)CC1.Cl.Cl. The predicted molar refractivity (Wildman–Crippen MR) is 117 cm³/mol. The zero-order valence-electron chi connectivity index (χ0n) is 16.4. The van der Waals surface area contributed by atoms with Crippen molar-refractivity contribution < 1.29 is 4.79 Å². The highest BCUT2D eigenvalue weighted by Gasteiger charge is 2.24. The van der Waals surface area contributed by atoms with Gasteiger partial charge >= 0.3 is 0 Å². The second-order valence-corrected chi connectivity index (χ2v) is 7.90. The van der Waals surface area contributed by atoms with Gasteiger partial charge in [0, 0.05) is 32.6 Å². The first kappa shape index (κ1) is 24.2. The summed E-state index contributed by atoms with van der Waals surface area (Å²) in [5.74, 6) is 1.81. The molecule has 0 aliphatic carbocycles. The Kier molecular flexibility index (Phi) is 11.3. The van der Waals surface area contributed by atoms with Crippen LogP contribution in [0.5, 0.6) is 0 Å². The molecule has 2 aliphatic rings. The van der Waals surface area contributed by atoms with Crippen LogP contribution in [-0.2, 0) is 11.3 Å². The Morgan fingerprint density at radius 2 is 1.81 bits per heavy atom. The van der Waals surface area contributed by atoms with E-state index in [1.807, 2.05) is 0 Å². The summed E-state index contributed by atoms with van der Waals surface area (Å²) in [6, 6.07) is 10.7.